The van der Waals surface area contributed by atoms with Gasteiger partial charge in [0, 0.05) is 70.5 Å². The van der Waals surface area contributed by atoms with Crippen molar-refractivity contribution < 1.29 is 0 Å². The number of hydrogen-bond donors (Lipinski definition) is 0. The third-order valence-corrected chi connectivity index (χ3v) is 16.5. The van der Waals surface area contributed by atoms with Gasteiger partial charge in [-0.1, -0.05) is 178 Å². The maximum atomic E-state index is 6.32. The van der Waals surface area contributed by atoms with Crippen molar-refractivity contribution in [1.82, 2.24) is 9.13 Å². The van der Waals surface area contributed by atoms with Gasteiger partial charge in [-0.15, -0.1) is 11.3 Å². The highest BCUT2D eigenvalue weighted by Crippen LogP contribution is 2.47. The van der Waals surface area contributed by atoms with Crippen LogP contribution in [-0.2, 0) is 0 Å². The van der Waals surface area contributed by atoms with Crippen molar-refractivity contribution in [2.45, 2.75) is 32.9 Å². The van der Waals surface area contributed by atoms with Crippen LogP contribution in [0.2, 0.25) is 0 Å². The summed E-state index contributed by atoms with van der Waals surface area (Å²) in [6, 6.07) is 79.1. The van der Waals surface area contributed by atoms with Gasteiger partial charge in [0.15, 0.2) is 0 Å². The van der Waals surface area contributed by atoms with Gasteiger partial charge < -0.3 is 9.13 Å². The van der Waals surface area contributed by atoms with Crippen molar-refractivity contribution in [3.63, 3.8) is 0 Å². The minimum Gasteiger partial charge on any atom is -0.317 e. The van der Waals surface area contributed by atoms with Crippen LogP contribution >= 0.6 is 11.3 Å². The van der Waals surface area contributed by atoms with E-state index in [0.717, 1.165) is 24.2 Å². The van der Waals surface area contributed by atoms with Crippen LogP contribution in [0.15, 0.2) is 223 Å². The zero-order valence-electron chi connectivity index (χ0n) is 39.2. The zero-order chi connectivity index (χ0) is 46.5. The molecule has 14 rings (SSSR count). The van der Waals surface area contributed by atoms with E-state index >= 15 is 0 Å². The molecule has 0 N–H and O–H groups in total. The lowest BCUT2D eigenvalue weighted by Crippen LogP contribution is -2.25. The molecule has 13 aromatic rings. The van der Waals surface area contributed by atoms with Crippen LogP contribution in [0, 0.1) is 11.8 Å². The smallest absolute Gasteiger partial charge is 0.132 e. The summed E-state index contributed by atoms with van der Waals surface area (Å²) in [5, 5.41) is 12.6. The molecular weight excluding hydrogens is 867 g/mol. The average molecular weight is 916 g/mol. The number of fused-ring (bicyclic) bond motifs is 11. The first-order valence-corrected chi connectivity index (χ1v) is 25.6. The summed E-state index contributed by atoms with van der Waals surface area (Å²) in [5.74, 6) is 0.191. The van der Waals surface area contributed by atoms with Crippen LogP contribution in [0.1, 0.15) is 44.0 Å². The standard InChI is InChI=1S/C66H49N3S/c1-3-50-51(44-32-30-43(31-33-44)42-17-5-4-6-18-42)34-29-41(2)65(67-66(50)69-58-26-14-11-23-52(58)53-24-12-15-27-59(53)69)57-39-49(40-63-64(57)54-25-13-16-28-62(54)70-63)68-60-37-47-21-9-7-19-45(47)35-55(60)56-36-46-20-8-10-22-48(46)38-61(56)68/h4-28,30-41,50,66H,3,29H2,1-2H3. The molecule has 0 bridgehead atoms. The van der Waals surface area contributed by atoms with Crippen LogP contribution in [0.5, 0.6) is 0 Å². The Morgan fingerprint density at radius 2 is 1.01 bits per heavy atom. The first-order chi connectivity index (χ1) is 34.6. The lowest BCUT2D eigenvalue weighted by Gasteiger charge is -2.33. The first kappa shape index (κ1) is 41.0. The predicted molar refractivity (Wildman–Crippen MR) is 301 cm³/mol. The van der Waals surface area contributed by atoms with E-state index in [4.69, 9.17) is 4.99 Å². The monoisotopic (exact) mass is 915 g/mol. The molecule has 0 fully saturated rings. The van der Waals surface area contributed by atoms with Gasteiger partial charge in [-0.25, -0.2) is 0 Å². The number of nitrogens with zero attached hydrogens (tertiary/aromatic N) is 3. The molecule has 0 radical (unpaired) electrons. The second-order valence-electron chi connectivity index (χ2n) is 19.3. The Balaban J connectivity index is 1.05. The quantitative estimate of drug-likeness (QED) is 0.159. The second kappa shape index (κ2) is 16.3. The normalized spacial score (nSPS) is 16.7. The molecule has 3 unspecified atom stereocenters. The Bertz CT molecular complexity index is 4130. The molecule has 0 saturated heterocycles. The summed E-state index contributed by atoms with van der Waals surface area (Å²) in [5.41, 5.74) is 13.5. The first-order valence-electron chi connectivity index (χ1n) is 24.8. The molecule has 0 saturated carbocycles. The maximum Gasteiger partial charge on any atom is 0.132 e. The molecule has 3 aromatic heterocycles. The van der Waals surface area contributed by atoms with Crippen LogP contribution in [-0.4, -0.2) is 14.8 Å². The highest BCUT2D eigenvalue weighted by molar-refractivity contribution is 7.26. The summed E-state index contributed by atoms with van der Waals surface area (Å²) in [6.45, 7) is 4.77. The molecule has 0 aliphatic carbocycles. The van der Waals surface area contributed by atoms with E-state index in [2.05, 4.69) is 241 Å². The van der Waals surface area contributed by atoms with Gasteiger partial charge in [0.1, 0.15) is 6.17 Å². The number of para-hydroxylation sites is 2. The third-order valence-electron chi connectivity index (χ3n) is 15.3. The number of aliphatic imine (C=N–C) groups is 1. The Morgan fingerprint density at radius 1 is 0.486 bits per heavy atom. The number of thiophene rings is 1. The van der Waals surface area contributed by atoms with Gasteiger partial charge in [-0.2, -0.15) is 0 Å². The van der Waals surface area contributed by atoms with Gasteiger partial charge in [0.25, 0.3) is 0 Å². The summed E-state index contributed by atoms with van der Waals surface area (Å²) in [6.07, 6.45) is 4.12. The highest BCUT2D eigenvalue weighted by atomic mass is 32.1. The van der Waals surface area contributed by atoms with E-state index in [1.165, 1.54) is 113 Å². The molecule has 3 atom stereocenters. The minimum absolute atomic E-state index is 0.0843. The van der Waals surface area contributed by atoms with Crippen LogP contribution in [0.25, 0.3) is 108 Å². The predicted octanol–water partition coefficient (Wildman–Crippen LogP) is 18.4. The summed E-state index contributed by atoms with van der Waals surface area (Å²) < 4.78 is 7.69. The van der Waals surface area contributed by atoms with Gasteiger partial charge in [0.05, 0.1) is 22.1 Å². The van der Waals surface area contributed by atoms with E-state index in [1.54, 1.807) is 0 Å². The number of rotatable bonds is 6. The minimum atomic E-state index is -0.234. The molecule has 4 heteroatoms. The highest BCUT2D eigenvalue weighted by Gasteiger charge is 2.33. The van der Waals surface area contributed by atoms with Crippen molar-refractivity contribution in [1.29, 1.82) is 0 Å². The molecule has 334 valence electrons. The van der Waals surface area contributed by atoms with Crippen LogP contribution < -0.4 is 0 Å². The fraction of sp³-hybridized carbons (Fsp3) is 0.106. The Morgan fingerprint density at radius 3 is 1.64 bits per heavy atom. The Kier molecular flexibility index (Phi) is 9.54. The van der Waals surface area contributed by atoms with E-state index in [9.17, 15) is 0 Å². The van der Waals surface area contributed by atoms with E-state index < -0.39 is 0 Å². The second-order valence-corrected chi connectivity index (χ2v) is 20.4. The van der Waals surface area contributed by atoms with E-state index in [1.807, 2.05) is 11.3 Å². The number of hydrogen-bond acceptors (Lipinski definition) is 2. The zero-order valence-corrected chi connectivity index (χ0v) is 40.0. The van der Waals surface area contributed by atoms with Gasteiger partial charge >= 0.3 is 0 Å². The summed E-state index contributed by atoms with van der Waals surface area (Å²) in [7, 11) is 0. The van der Waals surface area contributed by atoms with Crippen LogP contribution in [0.3, 0.4) is 0 Å². The SMILES string of the molecule is CCC1C(c2ccc(-c3ccccc3)cc2)=CCC(C)C(c2cc(-n3c4cc5ccccc5cc4c4cc5ccccc5cc43)cc3sc4ccccc4c23)=NC1n1c2ccccc2c2ccccc21. The number of aromatic nitrogens is 2. The van der Waals surface area contributed by atoms with Crippen molar-refractivity contribution in [3.05, 3.63) is 230 Å². The Hall–Kier alpha value is -8.05. The van der Waals surface area contributed by atoms with Gasteiger partial charge in [-0.05, 0) is 111 Å². The molecule has 70 heavy (non-hydrogen) atoms. The topological polar surface area (TPSA) is 22.2 Å². The molecule has 10 aromatic carbocycles. The van der Waals surface area contributed by atoms with Crippen molar-refractivity contribution in [3.8, 4) is 16.8 Å². The van der Waals surface area contributed by atoms with Crippen molar-refractivity contribution in [2.24, 2.45) is 16.8 Å². The summed E-state index contributed by atoms with van der Waals surface area (Å²) >= 11 is 1.90. The largest absolute Gasteiger partial charge is 0.317 e. The number of benzene rings is 10. The fourth-order valence-corrected chi connectivity index (χ4v) is 13.1. The van der Waals surface area contributed by atoms with E-state index in [-0.39, 0.29) is 18.0 Å². The third kappa shape index (κ3) is 6.43. The lowest BCUT2D eigenvalue weighted by molar-refractivity contribution is 0.415. The molecule has 3 nitrogen and oxygen atoms in total. The summed E-state index contributed by atoms with van der Waals surface area (Å²) in [4.78, 5) is 6.32. The van der Waals surface area contributed by atoms with Crippen LogP contribution in [0.4, 0.5) is 0 Å². The van der Waals surface area contributed by atoms with Gasteiger partial charge in [0.2, 0.25) is 0 Å². The molecule has 1 aliphatic heterocycles. The van der Waals surface area contributed by atoms with Gasteiger partial charge in [-0.3, -0.25) is 4.99 Å². The molecule has 4 heterocycles. The molecule has 0 amide bonds. The van der Waals surface area contributed by atoms with Crippen molar-refractivity contribution in [2.75, 3.05) is 0 Å². The average Bonchev–Trinajstić information content (AvgIpc) is 4.06. The fourth-order valence-electron chi connectivity index (χ4n) is 12.0. The maximum absolute atomic E-state index is 6.32. The molecule has 1 aliphatic rings. The molecular formula is C66H49N3S. The number of allylic oxidation sites excluding steroid dienone is 1. The van der Waals surface area contributed by atoms with Crippen molar-refractivity contribution >= 4 is 108 Å². The van der Waals surface area contributed by atoms with E-state index in [0.29, 0.717) is 0 Å². The lowest BCUT2D eigenvalue weighted by atomic mass is 9.82. The Labute approximate surface area is 410 Å². The molecule has 0 spiro atoms.